The van der Waals surface area contributed by atoms with Gasteiger partial charge >= 0.3 is 0 Å². The Morgan fingerprint density at radius 1 is 1.05 bits per heavy atom. The molecule has 3 heteroatoms. The molecule has 106 valence electrons. The second-order valence-corrected chi connectivity index (χ2v) is 6.04. The molecule has 0 spiro atoms. The molecule has 0 unspecified atom stereocenters. The highest BCUT2D eigenvalue weighted by Gasteiger charge is 2.19. The van der Waals surface area contributed by atoms with E-state index >= 15 is 0 Å². The third-order valence-corrected chi connectivity index (χ3v) is 4.57. The Kier molecular flexibility index (Phi) is 4.41. The number of hydrogen-bond acceptors (Lipinski definition) is 2. The van der Waals surface area contributed by atoms with Crippen molar-refractivity contribution in [2.75, 3.05) is 17.2 Å². The van der Waals surface area contributed by atoms with Gasteiger partial charge in [-0.15, -0.1) is 11.8 Å². The first-order valence-electron chi connectivity index (χ1n) is 7.11. The Morgan fingerprint density at radius 2 is 1.81 bits per heavy atom. The zero-order chi connectivity index (χ0) is 14.5. The summed E-state index contributed by atoms with van der Waals surface area (Å²) in [5.74, 6) is 1.11. The summed E-state index contributed by atoms with van der Waals surface area (Å²) >= 11 is 1.83. The lowest BCUT2D eigenvalue weighted by Gasteiger charge is -2.20. The predicted molar refractivity (Wildman–Crippen MR) is 89.6 cm³/mol. The van der Waals surface area contributed by atoms with Gasteiger partial charge in [0.25, 0.3) is 5.91 Å². The minimum Gasteiger partial charge on any atom is -0.308 e. The minimum atomic E-state index is 0.0498. The maximum atomic E-state index is 12.5. The average Bonchev–Trinajstić information content (AvgIpc) is 2.76. The van der Waals surface area contributed by atoms with Crippen LogP contribution in [0.15, 0.2) is 65.6 Å². The van der Waals surface area contributed by atoms with Crippen LogP contribution < -0.4 is 4.90 Å². The number of hydrogen-bond donors (Lipinski definition) is 0. The number of anilines is 1. The third kappa shape index (κ3) is 3.37. The van der Waals surface area contributed by atoms with Gasteiger partial charge in [0.2, 0.25) is 0 Å². The maximum absolute atomic E-state index is 12.5. The van der Waals surface area contributed by atoms with Crippen molar-refractivity contribution in [2.45, 2.75) is 11.3 Å². The molecule has 1 heterocycles. The maximum Gasteiger partial charge on any atom is 0.251 e. The summed E-state index contributed by atoms with van der Waals surface area (Å²) in [6.45, 7) is 0.780. The molecule has 0 saturated heterocycles. The van der Waals surface area contributed by atoms with Crippen molar-refractivity contribution in [3.05, 3.63) is 66.2 Å². The number of carbonyl (C=O) groups is 1. The molecule has 0 fully saturated rings. The number of carbonyl (C=O) groups excluding carboxylic acids is 1. The van der Waals surface area contributed by atoms with Gasteiger partial charge in [0.15, 0.2) is 0 Å². The number of fused-ring (bicyclic) bond motifs is 1. The topological polar surface area (TPSA) is 20.3 Å². The zero-order valence-electron chi connectivity index (χ0n) is 11.7. The van der Waals surface area contributed by atoms with Crippen molar-refractivity contribution in [3.63, 3.8) is 0 Å². The quantitative estimate of drug-likeness (QED) is 0.773. The Morgan fingerprint density at radius 3 is 2.67 bits per heavy atom. The van der Waals surface area contributed by atoms with Gasteiger partial charge < -0.3 is 4.90 Å². The monoisotopic (exact) mass is 295 g/mol. The molecule has 0 aromatic heterocycles. The summed E-state index contributed by atoms with van der Waals surface area (Å²) < 4.78 is 0. The van der Waals surface area contributed by atoms with Crippen molar-refractivity contribution in [1.29, 1.82) is 0 Å². The fourth-order valence-electron chi connectivity index (χ4n) is 2.38. The third-order valence-electron chi connectivity index (χ3n) is 3.42. The van der Waals surface area contributed by atoms with Gasteiger partial charge in [-0.05, 0) is 35.9 Å². The summed E-state index contributed by atoms with van der Waals surface area (Å²) in [4.78, 5) is 15.6. The van der Waals surface area contributed by atoms with Crippen LogP contribution in [0.2, 0.25) is 0 Å². The van der Waals surface area contributed by atoms with Gasteiger partial charge in [-0.1, -0.05) is 42.5 Å². The normalized spacial score (nSPS) is 14.8. The van der Waals surface area contributed by atoms with Gasteiger partial charge in [-0.25, -0.2) is 0 Å². The second kappa shape index (κ2) is 6.64. The first-order valence-corrected chi connectivity index (χ1v) is 8.09. The van der Waals surface area contributed by atoms with E-state index in [1.54, 1.807) is 6.08 Å². The molecule has 0 N–H and O–H groups in total. The molecule has 0 aliphatic carbocycles. The van der Waals surface area contributed by atoms with Crippen LogP contribution >= 0.6 is 11.8 Å². The fraction of sp³-hybridized carbons (Fsp3) is 0.167. The Balaban J connectivity index is 1.83. The van der Waals surface area contributed by atoms with Crippen molar-refractivity contribution < 1.29 is 4.79 Å². The highest BCUT2D eigenvalue weighted by molar-refractivity contribution is 7.99. The standard InChI is InChI=1S/C18H17NOS/c20-18(12-11-15-7-2-1-3-8-15)19-13-6-14-21-17-10-5-4-9-16(17)19/h1-5,7-12H,6,13-14H2. The van der Waals surface area contributed by atoms with Crippen LogP contribution in [0.25, 0.3) is 6.08 Å². The van der Waals surface area contributed by atoms with E-state index in [9.17, 15) is 4.79 Å². The molecule has 3 rings (SSSR count). The van der Waals surface area contributed by atoms with Crippen LogP contribution in [0.1, 0.15) is 12.0 Å². The molecular weight excluding hydrogens is 278 g/mol. The van der Waals surface area contributed by atoms with Crippen molar-refractivity contribution in [1.82, 2.24) is 0 Å². The van der Waals surface area contributed by atoms with Crippen LogP contribution in [0.3, 0.4) is 0 Å². The van der Waals surface area contributed by atoms with E-state index in [0.29, 0.717) is 0 Å². The van der Waals surface area contributed by atoms with Crippen LogP contribution in [0.5, 0.6) is 0 Å². The lowest BCUT2D eigenvalue weighted by atomic mass is 10.2. The predicted octanol–water partition coefficient (Wildman–Crippen LogP) is 4.23. The van der Waals surface area contributed by atoms with E-state index in [1.165, 1.54) is 4.90 Å². The minimum absolute atomic E-state index is 0.0498. The lowest BCUT2D eigenvalue weighted by molar-refractivity contribution is -0.114. The van der Waals surface area contributed by atoms with Gasteiger partial charge in [-0.2, -0.15) is 0 Å². The van der Waals surface area contributed by atoms with Crippen LogP contribution in [-0.2, 0) is 4.79 Å². The summed E-state index contributed by atoms with van der Waals surface area (Å²) in [5.41, 5.74) is 2.08. The number of benzene rings is 2. The SMILES string of the molecule is O=C(C=Cc1ccccc1)N1CCCSc2ccccc21. The summed E-state index contributed by atoms with van der Waals surface area (Å²) in [7, 11) is 0. The van der Waals surface area contributed by atoms with Crippen molar-refractivity contribution in [3.8, 4) is 0 Å². The highest BCUT2D eigenvalue weighted by Crippen LogP contribution is 2.33. The van der Waals surface area contributed by atoms with E-state index < -0.39 is 0 Å². The van der Waals surface area contributed by atoms with E-state index in [4.69, 9.17) is 0 Å². The fourth-order valence-corrected chi connectivity index (χ4v) is 3.37. The Labute approximate surface area is 129 Å². The average molecular weight is 295 g/mol. The smallest absolute Gasteiger partial charge is 0.251 e. The summed E-state index contributed by atoms with van der Waals surface area (Å²) in [6, 6.07) is 18.1. The number of rotatable bonds is 2. The molecular formula is C18H17NOS. The molecule has 0 radical (unpaired) electrons. The largest absolute Gasteiger partial charge is 0.308 e. The van der Waals surface area contributed by atoms with Crippen LogP contribution in [0.4, 0.5) is 5.69 Å². The molecule has 1 amide bonds. The number of amides is 1. The highest BCUT2D eigenvalue weighted by atomic mass is 32.2. The molecule has 0 saturated carbocycles. The first kappa shape index (κ1) is 14.0. The molecule has 0 bridgehead atoms. The van der Waals surface area contributed by atoms with Crippen molar-refractivity contribution >= 4 is 29.4 Å². The number of nitrogens with zero attached hydrogens (tertiary/aromatic N) is 1. The van der Waals surface area contributed by atoms with Gasteiger partial charge in [0, 0.05) is 17.5 Å². The molecule has 1 aliphatic heterocycles. The molecule has 2 aromatic rings. The van der Waals surface area contributed by atoms with Gasteiger partial charge in [0.1, 0.15) is 0 Å². The second-order valence-electron chi connectivity index (χ2n) is 4.90. The van der Waals surface area contributed by atoms with Gasteiger partial charge in [0.05, 0.1) is 5.69 Å². The summed E-state index contributed by atoms with van der Waals surface area (Å²) in [6.07, 6.45) is 4.56. The molecule has 2 nitrogen and oxygen atoms in total. The first-order chi connectivity index (χ1) is 10.3. The Hall–Kier alpha value is -2.00. The van der Waals surface area contributed by atoms with E-state index in [-0.39, 0.29) is 5.91 Å². The van der Waals surface area contributed by atoms with E-state index in [0.717, 1.165) is 30.0 Å². The molecule has 1 aliphatic rings. The van der Waals surface area contributed by atoms with Gasteiger partial charge in [-0.3, -0.25) is 4.79 Å². The Bertz CT molecular complexity index is 651. The van der Waals surface area contributed by atoms with Crippen LogP contribution in [0, 0.1) is 0 Å². The van der Waals surface area contributed by atoms with Crippen LogP contribution in [-0.4, -0.2) is 18.2 Å². The molecule has 0 atom stereocenters. The van der Waals surface area contributed by atoms with E-state index in [1.807, 2.05) is 71.3 Å². The van der Waals surface area contributed by atoms with Crippen molar-refractivity contribution in [2.24, 2.45) is 0 Å². The number of para-hydroxylation sites is 1. The molecule has 21 heavy (non-hydrogen) atoms. The lowest BCUT2D eigenvalue weighted by Crippen LogP contribution is -2.30. The number of thioether (sulfide) groups is 1. The summed E-state index contributed by atoms with van der Waals surface area (Å²) in [5, 5.41) is 0. The molecule has 2 aromatic carbocycles. The van der Waals surface area contributed by atoms with E-state index in [2.05, 4.69) is 6.07 Å². The zero-order valence-corrected chi connectivity index (χ0v) is 12.6.